The van der Waals surface area contributed by atoms with Gasteiger partial charge in [0, 0.05) is 4.70 Å². The maximum Gasteiger partial charge on any atom is 0.227 e. The summed E-state index contributed by atoms with van der Waals surface area (Å²) in [5.41, 5.74) is 0. The van der Waals surface area contributed by atoms with Crippen molar-refractivity contribution in [1.82, 2.24) is 0 Å². The van der Waals surface area contributed by atoms with Crippen LogP contribution in [0.3, 0.4) is 0 Å². The number of aldehydes is 1. The highest BCUT2D eigenvalue weighted by Gasteiger charge is 2.38. The lowest BCUT2D eigenvalue weighted by atomic mass is 9.95. The summed E-state index contributed by atoms with van der Waals surface area (Å²) >= 11 is 1.68. The molecule has 1 aliphatic carbocycles. The van der Waals surface area contributed by atoms with Crippen molar-refractivity contribution in [2.75, 3.05) is 0 Å². The first kappa shape index (κ1) is 13.0. The Morgan fingerprint density at radius 1 is 1.24 bits per heavy atom. The third-order valence-electron chi connectivity index (χ3n) is 4.50. The topological polar surface area (TPSA) is 38.7 Å². The molecule has 0 amide bonds. The number of benzene rings is 1. The van der Waals surface area contributed by atoms with Gasteiger partial charge in [-0.25, -0.2) is 4.99 Å². The fraction of sp³-hybridized carbons (Fsp3) is 0.412. The molecule has 2 aliphatic rings. The molecule has 0 N–H and O–H groups in total. The second kappa shape index (κ2) is 5.26. The Morgan fingerprint density at radius 2 is 2.05 bits per heavy atom. The first-order valence-electron chi connectivity index (χ1n) is 7.54. The fourth-order valence-electron chi connectivity index (χ4n) is 3.43. The van der Waals surface area contributed by atoms with E-state index < -0.39 is 6.10 Å². The Balaban J connectivity index is 1.67. The molecule has 2 atom stereocenters. The quantitative estimate of drug-likeness (QED) is 0.808. The standard InChI is InChI=1S/C17H17NO2S/c19-10-13-16(11-5-1-2-6-11)18-17(20-13)15-9-12-7-3-4-8-14(12)21-15/h3-4,7-11,13,16H,1-2,5-6H2. The number of fused-ring (bicyclic) bond motifs is 1. The Labute approximate surface area is 127 Å². The van der Waals surface area contributed by atoms with Crippen LogP contribution in [0.5, 0.6) is 0 Å². The van der Waals surface area contributed by atoms with Gasteiger partial charge in [0.05, 0.1) is 4.88 Å². The molecular weight excluding hydrogens is 282 g/mol. The van der Waals surface area contributed by atoms with Gasteiger partial charge in [-0.15, -0.1) is 11.3 Å². The lowest BCUT2D eigenvalue weighted by Gasteiger charge is -2.17. The highest BCUT2D eigenvalue weighted by Crippen LogP contribution is 2.36. The smallest absolute Gasteiger partial charge is 0.227 e. The van der Waals surface area contributed by atoms with Crippen LogP contribution in [0.1, 0.15) is 30.6 Å². The van der Waals surface area contributed by atoms with Crippen molar-refractivity contribution in [2.45, 2.75) is 37.8 Å². The third kappa shape index (κ3) is 2.27. The van der Waals surface area contributed by atoms with Gasteiger partial charge in [0.15, 0.2) is 12.4 Å². The number of hydrogen-bond donors (Lipinski definition) is 0. The molecule has 1 fully saturated rings. The summed E-state index contributed by atoms with van der Waals surface area (Å²) in [5, 5.41) is 1.20. The van der Waals surface area contributed by atoms with Crippen molar-refractivity contribution in [3.8, 4) is 0 Å². The van der Waals surface area contributed by atoms with Crippen LogP contribution in [-0.4, -0.2) is 24.3 Å². The minimum absolute atomic E-state index is 0.0187. The summed E-state index contributed by atoms with van der Waals surface area (Å²) in [6.45, 7) is 0. The zero-order valence-corrected chi connectivity index (χ0v) is 12.5. The van der Waals surface area contributed by atoms with Crippen LogP contribution in [0.25, 0.3) is 10.1 Å². The van der Waals surface area contributed by atoms with E-state index in [0.717, 1.165) is 11.2 Å². The number of carbonyl (C=O) groups excluding carboxylic acids is 1. The van der Waals surface area contributed by atoms with Gasteiger partial charge in [0.1, 0.15) is 6.04 Å². The van der Waals surface area contributed by atoms with Gasteiger partial charge in [0.2, 0.25) is 5.90 Å². The first-order valence-corrected chi connectivity index (χ1v) is 8.35. The second-order valence-electron chi connectivity index (χ2n) is 5.84. The predicted octanol–water partition coefficient (Wildman–Crippen LogP) is 3.80. The van der Waals surface area contributed by atoms with Gasteiger partial charge < -0.3 is 4.74 Å². The zero-order valence-electron chi connectivity index (χ0n) is 11.7. The van der Waals surface area contributed by atoms with Crippen molar-refractivity contribution in [1.29, 1.82) is 0 Å². The summed E-state index contributed by atoms with van der Waals surface area (Å²) in [6, 6.07) is 10.4. The van der Waals surface area contributed by atoms with Crippen LogP contribution in [0.4, 0.5) is 0 Å². The third-order valence-corrected chi connectivity index (χ3v) is 5.61. The Hall–Kier alpha value is -1.68. The van der Waals surface area contributed by atoms with Gasteiger partial charge in [-0.2, -0.15) is 0 Å². The Morgan fingerprint density at radius 3 is 2.81 bits per heavy atom. The SMILES string of the molecule is O=CC1OC(c2cc3ccccc3s2)=NC1C1CCCC1. The summed E-state index contributed by atoms with van der Waals surface area (Å²) < 4.78 is 7.07. The average molecular weight is 299 g/mol. The molecule has 0 spiro atoms. The maximum atomic E-state index is 11.3. The summed E-state index contributed by atoms with van der Waals surface area (Å²) in [5.74, 6) is 1.16. The molecule has 0 radical (unpaired) electrons. The number of hydrogen-bond acceptors (Lipinski definition) is 4. The number of thiophene rings is 1. The lowest BCUT2D eigenvalue weighted by Crippen LogP contribution is -2.29. The van der Waals surface area contributed by atoms with E-state index in [1.54, 1.807) is 11.3 Å². The molecule has 0 bridgehead atoms. The normalized spacial score (nSPS) is 26.0. The zero-order chi connectivity index (χ0) is 14.2. The Kier molecular flexibility index (Phi) is 3.26. The molecule has 1 aromatic carbocycles. The fourth-order valence-corrected chi connectivity index (χ4v) is 4.43. The van der Waals surface area contributed by atoms with Crippen molar-refractivity contribution in [3.63, 3.8) is 0 Å². The van der Waals surface area contributed by atoms with Crippen molar-refractivity contribution in [2.24, 2.45) is 10.9 Å². The number of aliphatic imine (C=N–C) groups is 1. The molecule has 1 aromatic heterocycles. The summed E-state index contributed by atoms with van der Waals surface area (Å²) in [6.07, 6.45) is 5.37. The van der Waals surface area contributed by atoms with E-state index >= 15 is 0 Å². The van der Waals surface area contributed by atoms with E-state index in [2.05, 4.69) is 18.2 Å². The molecule has 108 valence electrons. The van der Waals surface area contributed by atoms with Crippen LogP contribution in [-0.2, 0) is 9.53 Å². The highest BCUT2D eigenvalue weighted by molar-refractivity contribution is 7.20. The van der Waals surface area contributed by atoms with Gasteiger partial charge in [-0.05, 0) is 36.3 Å². The van der Waals surface area contributed by atoms with Crippen LogP contribution in [0, 0.1) is 5.92 Å². The number of ether oxygens (including phenoxy) is 1. The van der Waals surface area contributed by atoms with E-state index in [4.69, 9.17) is 9.73 Å². The summed E-state index contributed by atoms with van der Waals surface area (Å²) in [7, 11) is 0. The Bertz CT molecular complexity index is 667. The van der Waals surface area contributed by atoms with Gasteiger partial charge >= 0.3 is 0 Å². The second-order valence-corrected chi connectivity index (χ2v) is 6.92. The molecule has 21 heavy (non-hydrogen) atoms. The minimum Gasteiger partial charge on any atom is -0.464 e. The van der Waals surface area contributed by atoms with E-state index in [0.29, 0.717) is 11.8 Å². The molecule has 3 nitrogen and oxygen atoms in total. The monoisotopic (exact) mass is 299 g/mol. The summed E-state index contributed by atoms with van der Waals surface area (Å²) in [4.78, 5) is 17.1. The van der Waals surface area contributed by atoms with Crippen LogP contribution < -0.4 is 0 Å². The first-order chi connectivity index (χ1) is 10.3. The van der Waals surface area contributed by atoms with E-state index in [-0.39, 0.29) is 6.04 Å². The largest absolute Gasteiger partial charge is 0.464 e. The number of rotatable bonds is 3. The maximum absolute atomic E-state index is 11.3. The minimum atomic E-state index is -0.395. The van der Waals surface area contributed by atoms with Gasteiger partial charge in [-0.1, -0.05) is 31.0 Å². The van der Waals surface area contributed by atoms with Crippen LogP contribution in [0.2, 0.25) is 0 Å². The highest BCUT2D eigenvalue weighted by atomic mass is 32.1. The van der Waals surface area contributed by atoms with E-state index in [9.17, 15) is 4.79 Å². The predicted molar refractivity (Wildman–Crippen MR) is 85.0 cm³/mol. The number of carbonyl (C=O) groups is 1. The van der Waals surface area contributed by atoms with Crippen LogP contribution in [0.15, 0.2) is 35.3 Å². The molecule has 2 heterocycles. The molecule has 4 rings (SSSR count). The molecule has 1 aliphatic heterocycles. The molecule has 2 aromatic rings. The van der Waals surface area contributed by atoms with Gasteiger partial charge in [0.25, 0.3) is 0 Å². The average Bonchev–Trinajstić information content (AvgIpc) is 3.24. The van der Waals surface area contributed by atoms with Gasteiger partial charge in [-0.3, -0.25) is 4.79 Å². The number of nitrogens with zero attached hydrogens (tertiary/aromatic N) is 1. The lowest BCUT2D eigenvalue weighted by molar-refractivity contribution is -0.114. The van der Waals surface area contributed by atoms with E-state index in [1.165, 1.54) is 35.8 Å². The van der Waals surface area contributed by atoms with Crippen molar-refractivity contribution >= 4 is 33.6 Å². The molecular formula is C17H17NO2S. The molecule has 4 heteroatoms. The molecule has 1 saturated carbocycles. The molecule has 2 unspecified atom stereocenters. The van der Waals surface area contributed by atoms with Crippen molar-refractivity contribution in [3.05, 3.63) is 35.2 Å². The van der Waals surface area contributed by atoms with E-state index in [1.807, 2.05) is 12.1 Å². The van der Waals surface area contributed by atoms with Crippen LogP contribution >= 0.6 is 11.3 Å². The van der Waals surface area contributed by atoms with Crippen molar-refractivity contribution < 1.29 is 9.53 Å². The molecule has 0 saturated heterocycles.